The van der Waals surface area contributed by atoms with Crippen LogP contribution in [0, 0.1) is 0 Å². The number of carbonyl (C=O) groups excluding carboxylic acids is 3. The zero-order valence-electron chi connectivity index (χ0n) is 15.4. The van der Waals surface area contributed by atoms with E-state index in [9.17, 15) is 14.4 Å². The number of halogens is 1. The highest BCUT2D eigenvalue weighted by Crippen LogP contribution is 2.19. The van der Waals surface area contributed by atoms with E-state index < -0.39 is 11.9 Å². The first-order chi connectivity index (χ1) is 14.0. The molecule has 0 bridgehead atoms. The topological polar surface area (TPSA) is 97.6 Å². The number of nitrogens with one attached hydrogen (secondary N) is 2. The van der Waals surface area contributed by atoms with Crippen LogP contribution in [0.2, 0.25) is 5.02 Å². The summed E-state index contributed by atoms with van der Waals surface area (Å²) in [7, 11) is 1.26. The molecule has 0 spiro atoms. The minimum absolute atomic E-state index is 0.110. The van der Waals surface area contributed by atoms with Crippen molar-refractivity contribution < 1.29 is 23.5 Å². The fraction of sp³-hybridized carbons (Fsp3) is 0.0952. The molecule has 2 aromatic carbocycles. The highest BCUT2D eigenvalue weighted by atomic mass is 35.5. The van der Waals surface area contributed by atoms with Gasteiger partial charge < -0.3 is 19.8 Å². The fourth-order valence-corrected chi connectivity index (χ4v) is 2.85. The number of hydrogen-bond acceptors (Lipinski definition) is 5. The Balaban J connectivity index is 1.80. The standard InChI is InChI=1S/C21H17ClN2O5/c1-28-21(27)14-9-13(12-23-19(25)16-5-2-3-6-17(16)22)10-15(11-14)24-20(26)18-7-4-8-29-18/h2-11H,12H2,1H3,(H,23,25)(H,24,26). The quantitative estimate of drug-likeness (QED) is 0.598. The van der Waals surface area contributed by atoms with Gasteiger partial charge in [0.2, 0.25) is 0 Å². The van der Waals surface area contributed by atoms with Crippen LogP contribution in [-0.4, -0.2) is 24.9 Å². The summed E-state index contributed by atoms with van der Waals surface area (Å²) in [6, 6.07) is 14.5. The minimum Gasteiger partial charge on any atom is -0.465 e. The van der Waals surface area contributed by atoms with Crippen molar-refractivity contribution in [3.63, 3.8) is 0 Å². The first-order valence-electron chi connectivity index (χ1n) is 8.58. The van der Waals surface area contributed by atoms with Gasteiger partial charge in [-0.25, -0.2) is 4.79 Å². The van der Waals surface area contributed by atoms with Gasteiger partial charge in [0.05, 0.1) is 29.5 Å². The Morgan fingerprint density at radius 2 is 1.83 bits per heavy atom. The Labute approximate surface area is 171 Å². The molecule has 8 heteroatoms. The third kappa shape index (κ3) is 5.03. The third-order valence-electron chi connectivity index (χ3n) is 3.99. The number of methoxy groups -OCH3 is 1. The van der Waals surface area contributed by atoms with Gasteiger partial charge in [0, 0.05) is 12.2 Å². The molecule has 0 saturated heterocycles. The smallest absolute Gasteiger partial charge is 0.337 e. The zero-order valence-corrected chi connectivity index (χ0v) is 16.2. The molecule has 0 atom stereocenters. The molecule has 1 heterocycles. The Kier molecular flexibility index (Phi) is 6.31. The van der Waals surface area contributed by atoms with E-state index in [0.717, 1.165) is 0 Å². The van der Waals surface area contributed by atoms with Gasteiger partial charge in [-0.15, -0.1) is 0 Å². The van der Waals surface area contributed by atoms with E-state index in [1.165, 1.54) is 25.5 Å². The number of amides is 2. The molecule has 0 aliphatic rings. The second-order valence-corrected chi connectivity index (χ2v) is 6.41. The van der Waals surface area contributed by atoms with Crippen molar-refractivity contribution in [3.8, 4) is 0 Å². The van der Waals surface area contributed by atoms with Crippen LogP contribution in [0.1, 0.15) is 36.8 Å². The SMILES string of the molecule is COC(=O)c1cc(CNC(=O)c2ccccc2Cl)cc(NC(=O)c2ccco2)c1. The van der Waals surface area contributed by atoms with Crippen molar-refractivity contribution in [3.05, 3.63) is 88.3 Å². The molecule has 1 aromatic heterocycles. The first-order valence-corrected chi connectivity index (χ1v) is 8.95. The number of anilines is 1. The van der Waals surface area contributed by atoms with E-state index in [-0.39, 0.29) is 23.8 Å². The summed E-state index contributed by atoms with van der Waals surface area (Å²) in [5.74, 6) is -1.27. The Morgan fingerprint density at radius 3 is 2.52 bits per heavy atom. The van der Waals surface area contributed by atoms with Gasteiger partial charge in [0.15, 0.2) is 5.76 Å². The van der Waals surface area contributed by atoms with Gasteiger partial charge in [-0.1, -0.05) is 23.7 Å². The maximum atomic E-state index is 12.4. The van der Waals surface area contributed by atoms with E-state index in [2.05, 4.69) is 10.6 Å². The Hall–Kier alpha value is -3.58. The van der Waals surface area contributed by atoms with Crippen molar-refractivity contribution in [2.24, 2.45) is 0 Å². The Bertz CT molecular complexity index is 1050. The lowest BCUT2D eigenvalue weighted by Gasteiger charge is -2.11. The first kappa shape index (κ1) is 20.2. The molecule has 0 radical (unpaired) electrons. The monoisotopic (exact) mass is 412 g/mol. The van der Waals surface area contributed by atoms with Crippen molar-refractivity contribution >= 4 is 35.1 Å². The van der Waals surface area contributed by atoms with E-state index in [1.54, 1.807) is 42.5 Å². The highest BCUT2D eigenvalue weighted by Gasteiger charge is 2.14. The second kappa shape index (κ2) is 9.07. The van der Waals surface area contributed by atoms with Gasteiger partial charge >= 0.3 is 5.97 Å². The van der Waals surface area contributed by atoms with Gasteiger partial charge in [-0.3, -0.25) is 9.59 Å². The predicted octanol–water partition coefficient (Wildman–Crippen LogP) is 3.90. The zero-order chi connectivity index (χ0) is 20.8. The number of ether oxygens (including phenoxy) is 1. The molecule has 148 valence electrons. The summed E-state index contributed by atoms with van der Waals surface area (Å²) in [5, 5.41) is 5.73. The van der Waals surface area contributed by atoms with Crippen molar-refractivity contribution in [1.82, 2.24) is 5.32 Å². The van der Waals surface area contributed by atoms with E-state index in [4.69, 9.17) is 20.8 Å². The van der Waals surface area contributed by atoms with Crippen LogP contribution in [0.25, 0.3) is 0 Å². The molecule has 2 amide bonds. The molecule has 3 aromatic rings. The van der Waals surface area contributed by atoms with E-state index in [0.29, 0.717) is 21.8 Å². The molecule has 29 heavy (non-hydrogen) atoms. The highest BCUT2D eigenvalue weighted by molar-refractivity contribution is 6.33. The van der Waals surface area contributed by atoms with E-state index in [1.807, 2.05) is 0 Å². The van der Waals surface area contributed by atoms with Crippen LogP contribution in [0.3, 0.4) is 0 Å². The summed E-state index contributed by atoms with van der Waals surface area (Å²) < 4.78 is 9.82. The average molecular weight is 413 g/mol. The number of carbonyl (C=O) groups is 3. The van der Waals surface area contributed by atoms with Gasteiger partial charge in [-0.2, -0.15) is 0 Å². The molecule has 0 aliphatic heterocycles. The maximum absolute atomic E-state index is 12.4. The summed E-state index contributed by atoms with van der Waals surface area (Å²) in [6.45, 7) is 0.110. The Morgan fingerprint density at radius 1 is 1.03 bits per heavy atom. The predicted molar refractivity (Wildman–Crippen MR) is 107 cm³/mol. The maximum Gasteiger partial charge on any atom is 0.337 e. The number of benzene rings is 2. The molecule has 2 N–H and O–H groups in total. The molecule has 0 aliphatic carbocycles. The second-order valence-electron chi connectivity index (χ2n) is 6.00. The number of furan rings is 1. The van der Waals surface area contributed by atoms with Crippen LogP contribution in [0.4, 0.5) is 5.69 Å². The summed E-state index contributed by atoms with van der Waals surface area (Å²) in [5.41, 5.74) is 1.51. The largest absolute Gasteiger partial charge is 0.465 e. The molecular weight excluding hydrogens is 396 g/mol. The molecule has 0 fully saturated rings. The van der Waals surface area contributed by atoms with Gasteiger partial charge in [-0.05, 0) is 48.0 Å². The lowest BCUT2D eigenvalue weighted by atomic mass is 10.1. The van der Waals surface area contributed by atoms with Crippen LogP contribution in [0.15, 0.2) is 65.3 Å². The lowest BCUT2D eigenvalue weighted by Crippen LogP contribution is -2.23. The molecular formula is C21H17ClN2O5. The van der Waals surface area contributed by atoms with Crippen molar-refractivity contribution in [2.45, 2.75) is 6.54 Å². The normalized spacial score (nSPS) is 10.3. The van der Waals surface area contributed by atoms with E-state index >= 15 is 0 Å². The minimum atomic E-state index is -0.572. The number of esters is 1. The fourth-order valence-electron chi connectivity index (χ4n) is 2.63. The van der Waals surface area contributed by atoms with Crippen LogP contribution < -0.4 is 10.6 Å². The summed E-state index contributed by atoms with van der Waals surface area (Å²) in [6.07, 6.45) is 1.38. The van der Waals surface area contributed by atoms with Crippen LogP contribution in [-0.2, 0) is 11.3 Å². The molecule has 3 rings (SSSR count). The van der Waals surface area contributed by atoms with Crippen LogP contribution >= 0.6 is 11.6 Å². The third-order valence-corrected chi connectivity index (χ3v) is 4.32. The average Bonchev–Trinajstić information content (AvgIpc) is 3.26. The molecule has 7 nitrogen and oxygen atoms in total. The van der Waals surface area contributed by atoms with Gasteiger partial charge in [0.1, 0.15) is 0 Å². The lowest BCUT2D eigenvalue weighted by molar-refractivity contribution is 0.0600. The summed E-state index contributed by atoms with van der Waals surface area (Å²) >= 11 is 6.04. The summed E-state index contributed by atoms with van der Waals surface area (Å²) in [4.78, 5) is 36.6. The number of rotatable bonds is 6. The van der Waals surface area contributed by atoms with Crippen molar-refractivity contribution in [1.29, 1.82) is 0 Å². The van der Waals surface area contributed by atoms with Crippen molar-refractivity contribution in [2.75, 3.05) is 12.4 Å². The van der Waals surface area contributed by atoms with Crippen LogP contribution in [0.5, 0.6) is 0 Å². The molecule has 0 saturated carbocycles. The molecule has 0 unspecified atom stereocenters. The number of hydrogen-bond donors (Lipinski definition) is 2. The van der Waals surface area contributed by atoms with Gasteiger partial charge in [0.25, 0.3) is 11.8 Å².